The number of carbonyl (C=O) groups is 1. The second-order valence-corrected chi connectivity index (χ2v) is 7.88. The standard InChI is InChI=1S/C17H28N2O2/c20-12-6-4-11(5-7-12)18-17(21)19-16-9-10-8-15(16)14-3-1-2-13(10)14/h10-16,20H,1-9H2,(H2,18,19,21). The van der Waals surface area contributed by atoms with E-state index in [-0.39, 0.29) is 18.2 Å². The molecule has 2 amide bonds. The zero-order chi connectivity index (χ0) is 14.4. The van der Waals surface area contributed by atoms with Crippen LogP contribution in [0.5, 0.6) is 0 Å². The van der Waals surface area contributed by atoms with E-state index in [0.717, 1.165) is 49.4 Å². The maximum absolute atomic E-state index is 12.2. The van der Waals surface area contributed by atoms with E-state index in [0.29, 0.717) is 6.04 Å². The summed E-state index contributed by atoms with van der Waals surface area (Å²) in [6.07, 6.45) is 10.1. The number of rotatable bonds is 2. The SMILES string of the molecule is O=C(NC1CCC(O)CC1)NC1CC2CC1C1CCCC21. The highest BCUT2D eigenvalue weighted by Gasteiger charge is 2.54. The molecule has 4 rings (SSSR count). The number of amides is 2. The lowest BCUT2D eigenvalue weighted by Gasteiger charge is -2.33. The molecule has 4 heteroatoms. The molecule has 5 unspecified atom stereocenters. The van der Waals surface area contributed by atoms with Gasteiger partial charge in [0.25, 0.3) is 0 Å². The smallest absolute Gasteiger partial charge is 0.315 e. The summed E-state index contributed by atoms with van der Waals surface area (Å²) in [7, 11) is 0. The van der Waals surface area contributed by atoms with E-state index < -0.39 is 0 Å². The third kappa shape index (κ3) is 2.56. The van der Waals surface area contributed by atoms with E-state index >= 15 is 0 Å². The monoisotopic (exact) mass is 292 g/mol. The van der Waals surface area contributed by atoms with Crippen molar-refractivity contribution >= 4 is 6.03 Å². The summed E-state index contributed by atoms with van der Waals surface area (Å²) >= 11 is 0. The Labute approximate surface area is 127 Å². The van der Waals surface area contributed by atoms with Gasteiger partial charge in [0.05, 0.1) is 6.10 Å². The topological polar surface area (TPSA) is 61.4 Å². The van der Waals surface area contributed by atoms with Gasteiger partial charge in [0.1, 0.15) is 0 Å². The minimum atomic E-state index is -0.157. The molecule has 4 fully saturated rings. The molecule has 0 radical (unpaired) electrons. The Kier molecular flexibility index (Phi) is 3.60. The number of nitrogens with one attached hydrogen (secondary N) is 2. The lowest BCUT2D eigenvalue weighted by Crippen LogP contribution is -2.50. The molecular formula is C17H28N2O2. The number of hydrogen-bond donors (Lipinski definition) is 3. The van der Waals surface area contributed by atoms with Crippen LogP contribution in [0, 0.1) is 23.7 Å². The Bertz CT molecular complexity index is 406. The van der Waals surface area contributed by atoms with Crippen LogP contribution in [0.15, 0.2) is 0 Å². The number of aliphatic hydroxyl groups is 1. The molecule has 0 spiro atoms. The summed E-state index contributed by atoms with van der Waals surface area (Å²) in [6, 6.07) is 0.707. The van der Waals surface area contributed by atoms with Crippen molar-refractivity contribution in [3.63, 3.8) is 0 Å². The van der Waals surface area contributed by atoms with Crippen molar-refractivity contribution < 1.29 is 9.90 Å². The van der Waals surface area contributed by atoms with Crippen LogP contribution in [0.4, 0.5) is 4.79 Å². The third-order valence-electron chi connectivity index (χ3n) is 6.78. The fraction of sp³-hybridized carbons (Fsp3) is 0.941. The van der Waals surface area contributed by atoms with E-state index in [1.165, 1.54) is 32.1 Å². The zero-order valence-electron chi connectivity index (χ0n) is 12.8. The first-order chi connectivity index (χ1) is 10.2. The highest BCUT2D eigenvalue weighted by Crippen LogP contribution is 2.58. The molecule has 4 nitrogen and oxygen atoms in total. The van der Waals surface area contributed by atoms with Crippen LogP contribution in [0.2, 0.25) is 0 Å². The lowest BCUT2D eigenvalue weighted by molar-refractivity contribution is 0.117. The normalized spacial score (nSPS) is 48.1. The van der Waals surface area contributed by atoms with Crippen LogP contribution in [-0.4, -0.2) is 29.3 Å². The second-order valence-electron chi connectivity index (χ2n) is 7.88. The summed E-state index contributed by atoms with van der Waals surface area (Å²) in [4.78, 5) is 12.2. The number of carbonyl (C=O) groups excluding carboxylic acids is 1. The molecule has 0 aromatic heterocycles. The van der Waals surface area contributed by atoms with Gasteiger partial charge in [-0.2, -0.15) is 0 Å². The maximum Gasteiger partial charge on any atom is 0.315 e. The Hall–Kier alpha value is -0.770. The minimum Gasteiger partial charge on any atom is -0.393 e. The van der Waals surface area contributed by atoms with Gasteiger partial charge in [-0.05, 0) is 75.0 Å². The Morgan fingerprint density at radius 1 is 0.857 bits per heavy atom. The first-order valence-corrected chi connectivity index (χ1v) is 8.96. The number of urea groups is 1. The first kappa shape index (κ1) is 13.9. The zero-order valence-corrected chi connectivity index (χ0v) is 12.8. The van der Waals surface area contributed by atoms with Crippen molar-refractivity contribution in [2.24, 2.45) is 23.7 Å². The molecule has 3 N–H and O–H groups in total. The van der Waals surface area contributed by atoms with Gasteiger partial charge in [-0.15, -0.1) is 0 Å². The molecule has 4 aliphatic rings. The number of aliphatic hydroxyl groups excluding tert-OH is 1. The van der Waals surface area contributed by atoms with Crippen LogP contribution < -0.4 is 10.6 Å². The predicted molar refractivity (Wildman–Crippen MR) is 80.8 cm³/mol. The Morgan fingerprint density at radius 3 is 2.43 bits per heavy atom. The van der Waals surface area contributed by atoms with Gasteiger partial charge in [-0.3, -0.25) is 0 Å². The number of hydrogen-bond acceptors (Lipinski definition) is 2. The molecule has 0 saturated heterocycles. The summed E-state index contributed by atoms with van der Waals surface area (Å²) in [5, 5.41) is 15.9. The average Bonchev–Trinajstić information content (AvgIpc) is 3.13. The van der Waals surface area contributed by atoms with E-state index in [2.05, 4.69) is 10.6 Å². The van der Waals surface area contributed by atoms with E-state index in [9.17, 15) is 9.90 Å². The van der Waals surface area contributed by atoms with Crippen molar-refractivity contribution in [3.8, 4) is 0 Å². The van der Waals surface area contributed by atoms with Crippen molar-refractivity contribution in [1.82, 2.24) is 10.6 Å². The molecule has 0 heterocycles. The summed E-state index contributed by atoms with van der Waals surface area (Å²) in [5.41, 5.74) is 0. The molecule has 0 aliphatic heterocycles. The van der Waals surface area contributed by atoms with Gasteiger partial charge in [0.15, 0.2) is 0 Å². The molecule has 5 atom stereocenters. The van der Waals surface area contributed by atoms with E-state index in [1.54, 1.807) is 0 Å². The molecular weight excluding hydrogens is 264 g/mol. The van der Waals surface area contributed by atoms with Crippen LogP contribution in [0.1, 0.15) is 57.8 Å². The first-order valence-electron chi connectivity index (χ1n) is 8.96. The highest BCUT2D eigenvalue weighted by atomic mass is 16.3. The van der Waals surface area contributed by atoms with Crippen molar-refractivity contribution in [3.05, 3.63) is 0 Å². The molecule has 0 aromatic rings. The second kappa shape index (κ2) is 5.45. The molecule has 21 heavy (non-hydrogen) atoms. The quantitative estimate of drug-likeness (QED) is 0.732. The van der Waals surface area contributed by atoms with Crippen molar-refractivity contribution in [2.75, 3.05) is 0 Å². The molecule has 4 aliphatic carbocycles. The maximum atomic E-state index is 12.2. The molecule has 4 saturated carbocycles. The predicted octanol–water partition coefficient (Wildman–Crippen LogP) is 2.41. The van der Waals surface area contributed by atoms with Crippen molar-refractivity contribution in [2.45, 2.75) is 76.0 Å². The Balaban J connectivity index is 1.28. The fourth-order valence-corrected chi connectivity index (χ4v) is 5.85. The van der Waals surface area contributed by atoms with Gasteiger partial charge in [0.2, 0.25) is 0 Å². The summed E-state index contributed by atoms with van der Waals surface area (Å²) < 4.78 is 0. The fourth-order valence-electron chi connectivity index (χ4n) is 5.85. The highest BCUT2D eigenvalue weighted by molar-refractivity contribution is 5.74. The van der Waals surface area contributed by atoms with E-state index in [4.69, 9.17) is 0 Å². The average molecular weight is 292 g/mol. The largest absolute Gasteiger partial charge is 0.393 e. The van der Waals surface area contributed by atoms with Crippen molar-refractivity contribution in [1.29, 1.82) is 0 Å². The van der Waals surface area contributed by atoms with Crippen LogP contribution in [-0.2, 0) is 0 Å². The molecule has 0 aromatic carbocycles. The van der Waals surface area contributed by atoms with Gasteiger partial charge in [0, 0.05) is 12.1 Å². The van der Waals surface area contributed by atoms with E-state index in [1.807, 2.05) is 0 Å². The Morgan fingerprint density at radius 2 is 1.62 bits per heavy atom. The van der Waals surface area contributed by atoms with Crippen LogP contribution in [0.25, 0.3) is 0 Å². The number of fused-ring (bicyclic) bond motifs is 5. The molecule has 118 valence electrons. The lowest BCUT2D eigenvalue weighted by atomic mass is 9.79. The van der Waals surface area contributed by atoms with Gasteiger partial charge in [-0.1, -0.05) is 6.42 Å². The third-order valence-corrected chi connectivity index (χ3v) is 6.78. The van der Waals surface area contributed by atoms with Gasteiger partial charge in [-0.25, -0.2) is 4.79 Å². The van der Waals surface area contributed by atoms with Crippen LogP contribution >= 0.6 is 0 Å². The minimum absolute atomic E-state index is 0.0310. The van der Waals surface area contributed by atoms with Crippen LogP contribution in [0.3, 0.4) is 0 Å². The van der Waals surface area contributed by atoms with Gasteiger partial charge < -0.3 is 15.7 Å². The van der Waals surface area contributed by atoms with Gasteiger partial charge >= 0.3 is 6.03 Å². The summed E-state index contributed by atoms with van der Waals surface area (Å²) in [5.74, 6) is 3.52. The summed E-state index contributed by atoms with van der Waals surface area (Å²) in [6.45, 7) is 0. The molecule has 2 bridgehead atoms.